The minimum absolute atomic E-state index is 0.0454. The average molecular weight is 430 g/mol. The number of methoxy groups -OCH3 is 1. The molecular weight excluding hydrogens is 404 g/mol. The number of carbonyl (C=O) groups is 2. The van der Waals surface area contributed by atoms with Gasteiger partial charge in [0.1, 0.15) is 5.82 Å². The summed E-state index contributed by atoms with van der Waals surface area (Å²) < 4.78 is 26.5. The molecule has 0 bridgehead atoms. The molecule has 0 saturated heterocycles. The maximum Gasteiger partial charge on any atom is 0.339 e. The first kappa shape index (κ1) is 22.1. The number of nitrogens with zero attached hydrogens (tertiary/aromatic N) is 1. The molecule has 1 amide bonds. The second-order valence-corrected chi connectivity index (χ2v) is 8.44. The van der Waals surface area contributed by atoms with Gasteiger partial charge in [-0.05, 0) is 35.6 Å². The van der Waals surface area contributed by atoms with E-state index in [9.17, 15) is 18.4 Å². The average Bonchev–Trinajstić information content (AvgIpc) is 3.25. The lowest BCUT2D eigenvalue weighted by atomic mass is 9.87. The summed E-state index contributed by atoms with van der Waals surface area (Å²) in [7, 11) is 1.30. The fraction of sp³-hybridized carbons (Fsp3) is 0.409. The molecule has 0 spiro atoms. The normalized spacial score (nSPS) is 16.1. The summed E-state index contributed by atoms with van der Waals surface area (Å²) in [5.74, 6) is -0.205. The van der Waals surface area contributed by atoms with Gasteiger partial charge in [-0.2, -0.15) is 0 Å². The number of pyridine rings is 1. The van der Waals surface area contributed by atoms with Crippen molar-refractivity contribution in [3.8, 4) is 0 Å². The van der Waals surface area contributed by atoms with Gasteiger partial charge in [0, 0.05) is 11.9 Å². The van der Waals surface area contributed by atoms with Crippen LogP contribution in [-0.2, 0) is 26.4 Å². The van der Waals surface area contributed by atoms with Crippen LogP contribution >= 0.6 is 0 Å². The summed E-state index contributed by atoms with van der Waals surface area (Å²) >= 11 is -2.15. The van der Waals surface area contributed by atoms with Crippen molar-refractivity contribution in [2.45, 2.75) is 43.8 Å². The largest absolute Gasteiger partial charge is 0.772 e. The van der Waals surface area contributed by atoms with E-state index in [1.807, 2.05) is 12.1 Å². The van der Waals surface area contributed by atoms with E-state index in [0.717, 1.165) is 24.8 Å². The molecule has 1 aromatic carbocycles. The van der Waals surface area contributed by atoms with Crippen molar-refractivity contribution in [1.82, 2.24) is 4.98 Å². The van der Waals surface area contributed by atoms with Crippen molar-refractivity contribution in [3.63, 3.8) is 0 Å². The number of benzene rings is 1. The van der Waals surface area contributed by atoms with Gasteiger partial charge in [0.2, 0.25) is 5.91 Å². The van der Waals surface area contributed by atoms with E-state index < -0.39 is 17.0 Å². The summed E-state index contributed by atoms with van der Waals surface area (Å²) in [6.07, 6.45) is 6.70. The number of hydrogen-bond donors (Lipinski definition) is 1. The van der Waals surface area contributed by atoms with Gasteiger partial charge in [-0.25, -0.2) is 9.78 Å². The van der Waals surface area contributed by atoms with Crippen LogP contribution in [0.25, 0.3) is 0 Å². The fourth-order valence-electron chi connectivity index (χ4n) is 3.88. The molecule has 2 unspecified atom stereocenters. The molecule has 2 aromatic rings. The van der Waals surface area contributed by atoms with E-state index in [-0.39, 0.29) is 17.6 Å². The van der Waals surface area contributed by atoms with Gasteiger partial charge in [-0.1, -0.05) is 61.0 Å². The van der Waals surface area contributed by atoms with Crippen LogP contribution in [0.5, 0.6) is 0 Å². The molecule has 8 heteroatoms. The molecule has 2 atom stereocenters. The van der Waals surface area contributed by atoms with Gasteiger partial charge >= 0.3 is 5.97 Å². The number of amides is 1. The molecule has 1 heterocycles. The highest BCUT2D eigenvalue weighted by Gasteiger charge is 2.27. The van der Waals surface area contributed by atoms with Gasteiger partial charge in [0.25, 0.3) is 0 Å². The SMILES string of the molecule is COC(=O)c1ccc(NC(=O)C(CC2CCCC2)c2ccc(CS(=O)[O-])cc2)nc1. The number of hydrogen-bond acceptors (Lipinski definition) is 6. The topological polar surface area (TPSA) is 108 Å². The molecule has 1 aromatic heterocycles. The van der Waals surface area contributed by atoms with E-state index in [1.165, 1.54) is 26.1 Å². The zero-order valence-corrected chi connectivity index (χ0v) is 17.7. The molecule has 160 valence electrons. The summed E-state index contributed by atoms with van der Waals surface area (Å²) in [4.78, 5) is 28.8. The summed E-state index contributed by atoms with van der Waals surface area (Å²) in [5.41, 5.74) is 1.85. The van der Waals surface area contributed by atoms with Crippen molar-refractivity contribution in [3.05, 3.63) is 59.3 Å². The molecule has 1 aliphatic rings. The van der Waals surface area contributed by atoms with Crippen molar-refractivity contribution in [1.29, 1.82) is 0 Å². The Morgan fingerprint density at radius 1 is 1.20 bits per heavy atom. The van der Waals surface area contributed by atoms with Crippen LogP contribution in [0.2, 0.25) is 0 Å². The molecule has 1 N–H and O–H groups in total. The number of rotatable bonds is 8. The second-order valence-electron chi connectivity index (χ2n) is 7.54. The zero-order valence-electron chi connectivity index (χ0n) is 16.8. The summed E-state index contributed by atoms with van der Waals surface area (Å²) in [6, 6.07) is 10.3. The number of ether oxygens (including phenoxy) is 1. The first-order valence-electron chi connectivity index (χ1n) is 9.96. The van der Waals surface area contributed by atoms with E-state index in [2.05, 4.69) is 15.0 Å². The van der Waals surface area contributed by atoms with Crippen LogP contribution in [0.4, 0.5) is 5.82 Å². The highest BCUT2D eigenvalue weighted by molar-refractivity contribution is 7.78. The van der Waals surface area contributed by atoms with Gasteiger partial charge in [-0.3, -0.25) is 9.00 Å². The third-order valence-electron chi connectivity index (χ3n) is 5.46. The summed E-state index contributed by atoms with van der Waals surface area (Å²) in [6.45, 7) is 0. The number of nitrogens with one attached hydrogen (secondary N) is 1. The Morgan fingerprint density at radius 3 is 2.47 bits per heavy atom. The first-order chi connectivity index (χ1) is 14.5. The van der Waals surface area contributed by atoms with Crippen molar-refractivity contribution >= 4 is 28.8 Å². The predicted molar refractivity (Wildman–Crippen MR) is 113 cm³/mol. The van der Waals surface area contributed by atoms with Crippen LogP contribution < -0.4 is 5.32 Å². The standard InChI is InChI=1S/C22H26N2O5S/c1-29-22(26)18-10-11-20(23-13-18)24-21(25)19(12-15-4-2-3-5-15)17-8-6-16(7-9-17)14-30(27)28/h6-11,13,15,19H,2-5,12,14H2,1H3,(H,27,28)(H,23,24,25)/p-1. The Kier molecular flexibility index (Phi) is 7.70. The number of anilines is 1. The Bertz CT molecular complexity index is 893. The summed E-state index contributed by atoms with van der Waals surface area (Å²) in [5, 5.41) is 2.84. The minimum atomic E-state index is -2.15. The molecule has 3 rings (SSSR count). The van der Waals surface area contributed by atoms with E-state index in [4.69, 9.17) is 0 Å². The van der Waals surface area contributed by atoms with Gasteiger partial charge in [0.15, 0.2) is 0 Å². The highest BCUT2D eigenvalue weighted by Crippen LogP contribution is 2.35. The third-order valence-corrected chi connectivity index (χ3v) is 6.03. The predicted octanol–water partition coefficient (Wildman–Crippen LogP) is 3.55. The minimum Gasteiger partial charge on any atom is -0.772 e. The van der Waals surface area contributed by atoms with Crippen molar-refractivity contribution in [2.24, 2.45) is 5.92 Å². The Balaban J connectivity index is 1.76. The van der Waals surface area contributed by atoms with Crippen molar-refractivity contribution in [2.75, 3.05) is 12.4 Å². The van der Waals surface area contributed by atoms with Crippen LogP contribution in [-0.4, -0.2) is 32.7 Å². The second kappa shape index (κ2) is 10.4. The van der Waals surface area contributed by atoms with Gasteiger partial charge in [-0.15, -0.1) is 0 Å². The maximum absolute atomic E-state index is 13.1. The smallest absolute Gasteiger partial charge is 0.339 e. The van der Waals surface area contributed by atoms with Gasteiger partial charge < -0.3 is 14.6 Å². The quantitative estimate of drug-likeness (QED) is 0.508. The monoisotopic (exact) mass is 429 g/mol. The molecule has 7 nitrogen and oxygen atoms in total. The molecule has 30 heavy (non-hydrogen) atoms. The van der Waals surface area contributed by atoms with E-state index in [0.29, 0.717) is 22.9 Å². The first-order valence-corrected chi connectivity index (χ1v) is 11.2. The van der Waals surface area contributed by atoms with Crippen LogP contribution in [0, 0.1) is 5.92 Å². The van der Waals surface area contributed by atoms with E-state index in [1.54, 1.807) is 24.3 Å². The Labute approximate surface area is 178 Å². The number of esters is 1. The lowest BCUT2D eigenvalue weighted by Crippen LogP contribution is -2.23. The number of carbonyl (C=O) groups excluding carboxylic acids is 2. The lowest BCUT2D eigenvalue weighted by Gasteiger charge is -2.21. The highest BCUT2D eigenvalue weighted by atomic mass is 32.2. The molecule has 1 fully saturated rings. The van der Waals surface area contributed by atoms with Crippen LogP contribution in [0.3, 0.4) is 0 Å². The molecule has 0 radical (unpaired) electrons. The molecule has 0 aliphatic heterocycles. The van der Waals surface area contributed by atoms with E-state index >= 15 is 0 Å². The molecular formula is C22H25N2O5S-. The molecule has 1 saturated carbocycles. The van der Waals surface area contributed by atoms with Crippen LogP contribution in [0.15, 0.2) is 42.6 Å². The Hall–Kier alpha value is -2.58. The zero-order chi connectivity index (χ0) is 21.5. The Morgan fingerprint density at radius 2 is 1.90 bits per heavy atom. The lowest BCUT2D eigenvalue weighted by molar-refractivity contribution is -0.118. The maximum atomic E-state index is 13.1. The van der Waals surface area contributed by atoms with Crippen LogP contribution in [0.1, 0.15) is 59.5 Å². The third kappa shape index (κ3) is 5.96. The van der Waals surface area contributed by atoms with Crippen molar-refractivity contribution < 1.29 is 23.1 Å². The number of aromatic nitrogens is 1. The molecule has 1 aliphatic carbocycles. The fourth-order valence-corrected chi connectivity index (χ4v) is 4.34. The van der Waals surface area contributed by atoms with Gasteiger partial charge in [0.05, 0.1) is 18.6 Å².